The summed E-state index contributed by atoms with van der Waals surface area (Å²) in [4.78, 5) is 14.9. The summed E-state index contributed by atoms with van der Waals surface area (Å²) in [7, 11) is 0. The van der Waals surface area contributed by atoms with Crippen molar-refractivity contribution in [2.75, 3.05) is 16.8 Å². The molecule has 0 saturated heterocycles. The molecule has 3 heterocycles. The van der Waals surface area contributed by atoms with Crippen LogP contribution in [0.3, 0.4) is 0 Å². The largest absolute Gasteiger partial charge is 0.410 e. The molecule has 0 aliphatic carbocycles. The average molecular weight is 540 g/mol. The summed E-state index contributed by atoms with van der Waals surface area (Å²) >= 11 is 9.85. The van der Waals surface area contributed by atoms with Crippen LogP contribution in [0.5, 0.6) is 0 Å². The zero-order valence-corrected chi connectivity index (χ0v) is 19.6. The second kappa shape index (κ2) is 8.36. The topological polar surface area (TPSA) is 50.2 Å². The molecule has 10 heteroatoms. The van der Waals surface area contributed by atoms with Gasteiger partial charge >= 0.3 is 6.18 Å². The first-order chi connectivity index (χ1) is 15.7. The fourth-order valence-electron chi connectivity index (χ4n) is 4.51. The molecule has 172 valence electrons. The molecule has 2 aliphatic rings. The average Bonchev–Trinajstić information content (AvgIpc) is 3.14. The number of halogens is 5. The lowest BCUT2D eigenvalue weighted by Gasteiger charge is -2.33. The molecule has 3 aromatic rings. The van der Waals surface area contributed by atoms with Gasteiger partial charge in [-0.3, -0.25) is 4.79 Å². The second-order valence-corrected chi connectivity index (χ2v) is 9.48. The Labute approximate surface area is 201 Å². The number of anilines is 2. The van der Waals surface area contributed by atoms with Crippen LogP contribution in [0.2, 0.25) is 5.02 Å². The quantitative estimate of drug-likeness (QED) is 0.402. The summed E-state index contributed by atoms with van der Waals surface area (Å²) in [5.74, 6) is -0.497. The Bertz CT molecular complexity index is 1210. The molecule has 0 bridgehead atoms. The van der Waals surface area contributed by atoms with Crippen LogP contribution in [0.1, 0.15) is 46.5 Å². The fourth-order valence-corrected chi connectivity index (χ4v) is 5.04. The minimum Gasteiger partial charge on any atom is -0.362 e. The van der Waals surface area contributed by atoms with E-state index in [2.05, 4.69) is 26.3 Å². The molecule has 2 atom stereocenters. The number of hydrogen-bond donors (Lipinski definition) is 1. The minimum absolute atomic E-state index is 0.00630. The third kappa shape index (κ3) is 4.01. The SMILES string of the molecule is O=C(c1nn2c(c1Cl)N[C@H](c1ccc(Br)cc1)C[C@H]2C(F)(F)F)N1CCCc2ccccc21. The number of aryl methyl sites for hydroxylation is 1. The smallest absolute Gasteiger partial charge is 0.362 e. The summed E-state index contributed by atoms with van der Waals surface area (Å²) < 4.78 is 43.7. The monoisotopic (exact) mass is 538 g/mol. The number of nitrogens with zero attached hydrogens (tertiary/aromatic N) is 3. The molecule has 1 N–H and O–H groups in total. The predicted molar refractivity (Wildman–Crippen MR) is 124 cm³/mol. The van der Waals surface area contributed by atoms with Crippen LogP contribution in [0, 0.1) is 0 Å². The number of para-hydroxylation sites is 1. The van der Waals surface area contributed by atoms with Crippen molar-refractivity contribution in [1.82, 2.24) is 9.78 Å². The number of amides is 1. The van der Waals surface area contributed by atoms with Gasteiger partial charge in [-0.05, 0) is 42.2 Å². The van der Waals surface area contributed by atoms with Crippen molar-refractivity contribution < 1.29 is 18.0 Å². The highest BCUT2D eigenvalue weighted by Crippen LogP contribution is 2.46. The van der Waals surface area contributed by atoms with Crippen LogP contribution in [0.25, 0.3) is 0 Å². The van der Waals surface area contributed by atoms with Gasteiger partial charge in [-0.15, -0.1) is 0 Å². The molecule has 2 aromatic carbocycles. The van der Waals surface area contributed by atoms with Crippen molar-refractivity contribution in [3.63, 3.8) is 0 Å². The van der Waals surface area contributed by atoms with Gasteiger partial charge in [0.1, 0.15) is 10.8 Å². The third-order valence-corrected chi connectivity index (χ3v) is 7.01. The van der Waals surface area contributed by atoms with Gasteiger partial charge < -0.3 is 10.2 Å². The Morgan fingerprint density at radius 2 is 1.88 bits per heavy atom. The highest BCUT2D eigenvalue weighted by molar-refractivity contribution is 9.10. The lowest BCUT2D eigenvalue weighted by molar-refractivity contribution is -0.173. The Morgan fingerprint density at radius 1 is 1.15 bits per heavy atom. The zero-order valence-electron chi connectivity index (χ0n) is 17.2. The van der Waals surface area contributed by atoms with E-state index in [0.29, 0.717) is 12.1 Å². The molecule has 33 heavy (non-hydrogen) atoms. The van der Waals surface area contributed by atoms with E-state index in [1.54, 1.807) is 29.2 Å². The van der Waals surface area contributed by atoms with Gasteiger partial charge in [-0.1, -0.05) is 57.9 Å². The van der Waals surface area contributed by atoms with Crippen molar-refractivity contribution in [2.24, 2.45) is 0 Å². The summed E-state index contributed by atoms with van der Waals surface area (Å²) in [5.41, 5.74) is 2.26. The predicted octanol–water partition coefficient (Wildman–Crippen LogP) is 6.55. The molecule has 0 fully saturated rings. The maximum atomic E-state index is 14.0. The van der Waals surface area contributed by atoms with Crippen molar-refractivity contribution in [2.45, 2.75) is 37.5 Å². The van der Waals surface area contributed by atoms with E-state index in [0.717, 1.165) is 33.2 Å². The molecule has 0 radical (unpaired) electrons. The summed E-state index contributed by atoms with van der Waals surface area (Å²) in [5, 5.41) is 7.08. The van der Waals surface area contributed by atoms with Crippen LogP contribution in [-0.2, 0) is 6.42 Å². The fraction of sp³-hybridized carbons (Fsp3) is 0.304. The standard InChI is InChI=1S/C23H19BrClF3N4O/c24-15-9-7-13(8-10-15)16-12-18(23(26,27)28)32-21(29-16)19(25)20(30-32)22(33)31-11-3-5-14-4-1-2-6-17(14)31/h1-2,4,6-10,16,18,29H,3,5,11-12H2/t16-,18-/m0/s1. The Kier molecular flexibility index (Phi) is 5.64. The van der Waals surface area contributed by atoms with E-state index in [4.69, 9.17) is 11.6 Å². The van der Waals surface area contributed by atoms with Crippen LogP contribution < -0.4 is 10.2 Å². The Morgan fingerprint density at radius 3 is 2.61 bits per heavy atom. The van der Waals surface area contributed by atoms with Gasteiger partial charge in [-0.2, -0.15) is 18.3 Å². The number of carbonyl (C=O) groups is 1. The summed E-state index contributed by atoms with van der Waals surface area (Å²) in [6.45, 7) is 0.450. The number of aromatic nitrogens is 2. The highest BCUT2D eigenvalue weighted by atomic mass is 79.9. The van der Waals surface area contributed by atoms with Gasteiger partial charge in [-0.25, -0.2) is 4.68 Å². The summed E-state index contributed by atoms with van der Waals surface area (Å²) in [6.07, 6.45) is -3.24. The normalized spacial score (nSPS) is 20.1. The molecule has 5 rings (SSSR count). The van der Waals surface area contributed by atoms with Gasteiger partial charge in [0.2, 0.25) is 0 Å². The molecule has 1 amide bonds. The highest BCUT2D eigenvalue weighted by Gasteiger charge is 2.48. The number of rotatable bonds is 2. The van der Waals surface area contributed by atoms with Gasteiger partial charge in [0.05, 0.1) is 6.04 Å². The van der Waals surface area contributed by atoms with E-state index in [1.807, 2.05) is 24.3 Å². The van der Waals surface area contributed by atoms with Crippen LogP contribution >= 0.6 is 27.5 Å². The molecule has 2 aliphatic heterocycles. The van der Waals surface area contributed by atoms with Crippen molar-refractivity contribution >= 4 is 44.9 Å². The van der Waals surface area contributed by atoms with E-state index in [-0.39, 0.29) is 23.0 Å². The van der Waals surface area contributed by atoms with E-state index < -0.39 is 24.2 Å². The first-order valence-electron chi connectivity index (χ1n) is 10.5. The first kappa shape index (κ1) is 22.3. The number of hydrogen-bond acceptors (Lipinski definition) is 3. The van der Waals surface area contributed by atoms with Crippen molar-refractivity contribution in [3.8, 4) is 0 Å². The van der Waals surface area contributed by atoms with Gasteiger partial charge in [0, 0.05) is 23.1 Å². The first-order valence-corrected chi connectivity index (χ1v) is 11.7. The maximum Gasteiger partial charge on any atom is 0.410 e. The molecule has 5 nitrogen and oxygen atoms in total. The third-order valence-electron chi connectivity index (χ3n) is 6.13. The van der Waals surface area contributed by atoms with E-state index in [1.165, 1.54) is 0 Å². The van der Waals surface area contributed by atoms with E-state index in [9.17, 15) is 18.0 Å². The second-order valence-electron chi connectivity index (χ2n) is 8.19. The molecule has 0 unspecified atom stereocenters. The van der Waals surface area contributed by atoms with Gasteiger partial charge in [0.15, 0.2) is 11.7 Å². The molecular formula is C23H19BrClF3N4O. The number of benzene rings is 2. The van der Waals surface area contributed by atoms with Crippen LogP contribution in [0.15, 0.2) is 53.0 Å². The maximum absolute atomic E-state index is 14.0. The van der Waals surface area contributed by atoms with Crippen molar-refractivity contribution in [1.29, 1.82) is 0 Å². The lowest BCUT2D eigenvalue weighted by Crippen LogP contribution is -2.37. The molecule has 0 saturated carbocycles. The lowest BCUT2D eigenvalue weighted by atomic mass is 9.97. The zero-order chi connectivity index (χ0) is 23.3. The molecule has 1 aromatic heterocycles. The number of fused-ring (bicyclic) bond motifs is 2. The van der Waals surface area contributed by atoms with Crippen LogP contribution in [0.4, 0.5) is 24.7 Å². The summed E-state index contributed by atoms with van der Waals surface area (Å²) in [6, 6.07) is 12.0. The van der Waals surface area contributed by atoms with Crippen molar-refractivity contribution in [3.05, 3.63) is 74.8 Å². The Hall–Kier alpha value is -2.52. The van der Waals surface area contributed by atoms with Gasteiger partial charge in [0.25, 0.3) is 5.91 Å². The molecular weight excluding hydrogens is 521 g/mol. The number of alkyl halides is 3. The van der Waals surface area contributed by atoms with E-state index >= 15 is 0 Å². The number of carbonyl (C=O) groups excluding carboxylic acids is 1. The molecule has 0 spiro atoms. The Balaban J connectivity index is 1.55. The number of nitrogens with one attached hydrogen (secondary N) is 1. The van der Waals surface area contributed by atoms with Crippen LogP contribution in [-0.4, -0.2) is 28.4 Å². The minimum atomic E-state index is -4.56.